The number of nitrogen functional groups attached to an aromatic ring is 1. The van der Waals surface area contributed by atoms with Crippen molar-refractivity contribution in [1.29, 1.82) is 0 Å². The van der Waals surface area contributed by atoms with Crippen molar-refractivity contribution in [1.82, 2.24) is 5.32 Å². The van der Waals surface area contributed by atoms with Crippen LogP contribution in [0.1, 0.15) is 15.9 Å². The van der Waals surface area contributed by atoms with Crippen LogP contribution in [-0.2, 0) is 6.54 Å². The fraction of sp³-hybridized carbons (Fsp3) is 0.0476. The van der Waals surface area contributed by atoms with Gasteiger partial charge >= 0.3 is 0 Å². The summed E-state index contributed by atoms with van der Waals surface area (Å²) < 4.78 is 1.02. The van der Waals surface area contributed by atoms with Gasteiger partial charge in [-0.05, 0) is 66.3 Å². The first-order valence-electron chi connectivity index (χ1n) is 8.56. The fourth-order valence-electron chi connectivity index (χ4n) is 2.51. The third kappa shape index (κ3) is 5.55. The minimum absolute atomic E-state index is 0.222. The molecule has 0 spiro atoms. The maximum Gasteiger partial charge on any atom is 0.255 e. The number of amides is 1. The average Bonchev–Trinajstić information content (AvgIpc) is 2.69. The Morgan fingerprint density at radius 2 is 1.71 bits per heavy atom. The molecule has 0 unspecified atom stereocenters. The van der Waals surface area contributed by atoms with Crippen molar-refractivity contribution in [2.75, 3.05) is 16.4 Å². The van der Waals surface area contributed by atoms with E-state index in [0.717, 1.165) is 15.7 Å². The molecule has 7 heteroatoms. The Bertz CT molecular complexity index is 992. The molecule has 3 aromatic carbocycles. The monoisotopic (exact) mass is 454 g/mol. The van der Waals surface area contributed by atoms with Crippen LogP contribution in [0.3, 0.4) is 0 Å². The number of anilines is 3. The quantitative estimate of drug-likeness (QED) is 0.329. The second-order valence-corrected chi connectivity index (χ2v) is 7.38. The van der Waals surface area contributed by atoms with E-state index in [4.69, 9.17) is 18.0 Å². The number of carbonyl (C=O) groups excluding carboxylic acids is 1. The highest BCUT2D eigenvalue weighted by Gasteiger charge is 2.08. The molecule has 0 aliphatic carbocycles. The molecule has 142 valence electrons. The molecule has 5 N–H and O–H groups in total. The summed E-state index contributed by atoms with van der Waals surface area (Å²) in [5.74, 6) is -0.222. The first-order chi connectivity index (χ1) is 13.5. The highest BCUT2D eigenvalue weighted by Crippen LogP contribution is 2.18. The Kier molecular flexibility index (Phi) is 6.62. The Hall–Kier alpha value is -2.90. The van der Waals surface area contributed by atoms with Gasteiger partial charge in [-0.3, -0.25) is 4.79 Å². The maximum absolute atomic E-state index is 12.4. The van der Waals surface area contributed by atoms with E-state index in [2.05, 4.69) is 31.9 Å². The van der Waals surface area contributed by atoms with E-state index < -0.39 is 0 Å². The highest BCUT2D eigenvalue weighted by molar-refractivity contribution is 9.10. The van der Waals surface area contributed by atoms with Crippen LogP contribution in [0.25, 0.3) is 0 Å². The lowest BCUT2D eigenvalue weighted by molar-refractivity contribution is 0.102. The van der Waals surface area contributed by atoms with Gasteiger partial charge in [0, 0.05) is 22.3 Å². The van der Waals surface area contributed by atoms with Crippen molar-refractivity contribution in [3.63, 3.8) is 0 Å². The Balaban J connectivity index is 1.54. The summed E-state index contributed by atoms with van der Waals surface area (Å²) in [6, 6.07) is 22.2. The van der Waals surface area contributed by atoms with Crippen LogP contribution in [0.5, 0.6) is 0 Å². The first-order valence-corrected chi connectivity index (χ1v) is 9.76. The van der Waals surface area contributed by atoms with Gasteiger partial charge in [-0.15, -0.1) is 0 Å². The zero-order valence-corrected chi connectivity index (χ0v) is 17.3. The predicted octanol–water partition coefficient (Wildman–Crippen LogP) is 4.77. The molecule has 0 fully saturated rings. The van der Waals surface area contributed by atoms with E-state index in [1.807, 2.05) is 36.4 Å². The standard InChI is InChI=1S/C21H19BrN4OS/c22-16-5-3-4-14(12-16)13-24-21(28)25-17-10-8-15(9-11-17)20(27)26-19-7-2-1-6-18(19)23/h1-12H,13,23H2,(H,26,27)(H2,24,25,28). The van der Waals surface area contributed by atoms with Crippen molar-refractivity contribution < 1.29 is 4.79 Å². The van der Waals surface area contributed by atoms with Gasteiger partial charge in [-0.2, -0.15) is 0 Å². The molecule has 0 saturated heterocycles. The number of nitrogens with one attached hydrogen (secondary N) is 3. The van der Waals surface area contributed by atoms with Crippen LogP contribution < -0.4 is 21.7 Å². The molecule has 3 rings (SSSR count). The molecule has 1 amide bonds. The molecule has 0 aliphatic heterocycles. The zero-order valence-electron chi connectivity index (χ0n) is 14.9. The van der Waals surface area contributed by atoms with Crippen LogP contribution in [0.15, 0.2) is 77.3 Å². The molecule has 0 radical (unpaired) electrons. The number of hydrogen-bond donors (Lipinski definition) is 4. The number of benzene rings is 3. The summed E-state index contributed by atoms with van der Waals surface area (Å²) in [6.45, 7) is 0.615. The average molecular weight is 455 g/mol. The molecule has 0 saturated carbocycles. The fourth-order valence-corrected chi connectivity index (χ4v) is 3.15. The summed E-state index contributed by atoms with van der Waals surface area (Å²) in [7, 11) is 0. The molecule has 28 heavy (non-hydrogen) atoms. The van der Waals surface area contributed by atoms with Gasteiger partial charge in [0.1, 0.15) is 0 Å². The topological polar surface area (TPSA) is 79.2 Å². The van der Waals surface area contributed by atoms with E-state index in [1.165, 1.54) is 0 Å². The molecule has 0 aliphatic rings. The van der Waals surface area contributed by atoms with Crippen molar-refractivity contribution in [3.8, 4) is 0 Å². The van der Waals surface area contributed by atoms with Gasteiger partial charge < -0.3 is 21.7 Å². The minimum Gasteiger partial charge on any atom is -0.397 e. The van der Waals surface area contributed by atoms with Crippen LogP contribution >= 0.6 is 28.1 Å². The molecule has 0 atom stereocenters. The van der Waals surface area contributed by atoms with Gasteiger partial charge in [-0.25, -0.2) is 0 Å². The number of rotatable bonds is 5. The van der Waals surface area contributed by atoms with Crippen molar-refractivity contribution in [3.05, 3.63) is 88.4 Å². The molecule has 0 bridgehead atoms. The van der Waals surface area contributed by atoms with Crippen LogP contribution in [0.2, 0.25) is 0 Å². The molecule has 3 aromatic rings. The zero-order chi connectivity index (χ0) is 19.9. The smallest absolute Gasteiger partial charge is 0.255 e. The summed E-state index contributed by atoms with van der Waals surface area (Å²) in [5.41, 5.74) is 9.41. The largest absolute Gasteiger partial charge is 0.397 e. The molecule has 5 nitrogen and oxygen atoms in total. The SMILES string of the molecule is Nc1ccccc1NC(=O)c1ccc(NC(=S)NCc2cccc(Br)c2)cc1. The van der Waals surface area contributed by atoms with Gasteiger partial charge in [0.15, 0.2) is 5.11 Å². The number of thiocarbonyl (C=S) groups is 1. The lowest BCUT2D eigenvalue weighted by atomic mass is 10.2. The highest BCUT2D eigenvalue weighted by atomic mass is 79.9. The normalized spacial score (nSPS) is 10.2. The van der Waals surface area contributed by atoms with Gasteiger partial charge in [0.25, 0.3) is 5.91 Å². The van der Waals surface area contributed by atoms with Crippen molar-refractivity contribution in [2.45, 2.75) is 6.54 Å². The molecule has 0 heterocycles. The van der Waals surface area contributed by atoms with E-state index in [1.54, 1.807) is 36.4 Å². The molecular formula is C21H19BrN4OS. The van der Waals surface area contributed by atoms with Crippen LogP contribution in [0, 0.1) is 0 Å². The molecular weight excluding hydrogens is 436 g/mol. The third-order valence-electron chi connectivity index (χ3n) is 3.96. The predicted molar refractivity (Wildman–Crippen MR) is 122 cm³/mol. The number of hydrogen-bond acceptors (Lipinski definition) is 3. The van der Waals surface area contributed by atoms with Crippen LogP contribution in [0.4, 0.5) is 17.1 Å². The Labute approximate surface area is 177 Å². The van der Waals surface area contributed by atoms with E-state index in [0.29, 0.717) is 28.6 Å². The number of halogens is 1. The van der Waals surface area contributed by atoms with Crippen LogP contribution in [-0.4, -0.2) is 11.0 Å². The second kappa shape index (κ2) is 9.34. The number of para-hydroxylation sites is 2. The van der Waals surface area contributed by atoms with Gasteiger partial charge in [0.05, 0.1) is 11.4 Å². The second-order valence-electron chi connectivity index (χ2n) is 6.06. The van der Waals surface area contributed by atoms with Crippen molar-refractivity contribution in [2.24, 2.45) is 0 Å². The summed E-state index contributed by atoms with van der Waals surface area (Å²) in [6.07, 6.45) is 0. The summed E-state index contributed by atoms with van der Waals surface area (Å²) in [4.78, 5) is 12.4. The third-order valence-corrected chi connectivity index (χ3v) is 4.70. The van der Waals surface area contributed by atoms with E-state index in [-0.39, 0.29) is 5.91 Å². The van der Waals surface area contributed by atoms with Gasteiger partial charge in [0.2, 0.25) is 0 Å². The lowest BCUT2D eigenvalue weighted by Gasteiger charge is -2.12. The number of carbonyl (C=O) groups is 1. The lowest BCUT2D eigenvalue weighted by Crippen LogP contribution is -2.27. The van der Waals surface area contributed by atoms with Gasteiger partial charge in [-0.1, -0.05) is 40.2 Å². The summed E-state index contributed by atoms with van der Waals surface area (Å²) in [5, 5.41) is 9.58. The Morgan fingerprint density at radius 3 is 2.43 bits per heavy atom. The summed E-state index contributed by atoms with van der Waals surface area (Å²) >= 11 is 8.78. The molecule has 0 aromatic heterocycles. The van der Waals surface area contributed by atoms with E-state index in [9.17, 15) is 4.79 Å². The van der Waals surface area contributed by atoms with E-state index >= 15 is 0 Å². The number of nitrogens with two attached hydrogens (primary N) is 1. The van der Waals surface area contributed by atoms with Crippen molar-refractivity contribution >= 4 is 56.2 Å². The Morgan fingerprint density at radius 1 is 0.964 bits per heavy atom. The maximum atomic E-state index is 12.4. The first kappa shape index (κ1) is 19.9. The minimum atomic E-state index is -0.222.